The lowest BCUT2D eigenvalue weighted by Gasteiger charge is -2.18. The van der Waals surface area contributed by atoms with Crippen molar-refractivity contribution < 1.29 is 14.3 Å². The molecule has 1 aromatic carbocycles. The highest BCUT2D eigenvalue weighted by atomic mass is 16.5. The number of hydrogen-bond donors (Lipinski definition) is 1. The number of amides is 1. The van der Waals surface area contributed by atoms with Crippen molar-refractivity contribution in [1.29, 1.82) is 0 Å². The fourth-order valence-corrected chi connectivity index (χ4v) is 2.30. The van der Waals surface area contributed by atoms with Gasteiger partial charge in [-0.1, -0.05) is 0 Å². The van der Waals surface area contributed by atoms with E-state index in [1.54, 1.807) is 31.2 Å². The minimum Gasteiger partial charge on any atom is -0.497 e. The molecule has 1 unspecified atom stereocenters. The minimum absolute atomic E-state index is 0.170. The second-order valence-electron chi connectivity index (χ2n) is 4.84. The van der Waals surface area contributed by atoms with Gasteiger partial charge in [0.2, 0.25) is 0 Å². The highest BCUT2D eigenvalue weighted by molar-refractivity contribution is 5.92. The topological polar surface area (TPSA) is 65.4 Å². The fraction of sp³-hybridized carbons (Fsp3) is 0.375. The van der Waals surface area contributed by atoms with E-state index in [4.69, 9.17) is 9.47 Å². The van der Waals surface area contributed by atoms with Crippen LogP contribution in [0.25, 0.3) is 0 Å². The number of nitrogens with zero attached hydrogens (tertiary/aromatic N) is 2. The SMILES string of the molecule is CCn1nccc1C(=O)NC(C)c1cc(OC)ccc1OC. The second-order valence-corrected chi connectivity index (χ2v) is 4.84. The van der Waals surface area contributed by atoms with Crippen LogP contribution in [0, 0.1) is 0 Å². The molecule has 6 nitrogen and oxygen atoms in total. The lowest BCUT2D eigenvalue weighted by atomic mass is 10.1. The summed E-state index contributed by atoms with van der Waals surface area (Å²) in [5.41, 5.74) is 1.40. The molecule has 2 aromatic rings. The van der Waals surface area contributed by atoms with Gasteiger partial charge in [-0.15, -0.1) is 0 Å². The van der Waals surface area contributed by atoms with Gasteiger partial charge in [-0.05, 0) is 38.1 Å². The highest BCUT2D eigenvalue weighted by Crippen LogP contribution is 2.29. The van der Waals surface area contributed by atoms with Gasteiger partial charge < -0.3 is 14.8 Å². The van der Waals surface area contributed by atoms with Crippen molar-refractivity contribution in [1.82, 2.24) is 15.1 Å². The molecule has 6 heteroatoms. The number of carbonyl (C=O) groups excluding carboxylic acids is 1. The number of hydrogen-bond acceptors (Lipinski definition) is 4. The van der Waals surface area contributed by atoms with E-state index in [0.717, 1.165) is 11.3 Å². The standard InChI is InChI=1S/C16H21N3O3/c1-5-19-14(8-9-17-19)16(20)18-11(2)13-10-12(21-3)6-7-15(13)22-4/h6-11H,5H2,1-4H3,(H,18,20). The van der Waals surface area contributed by atoms with Crippen molar-refractivity contribution in [2.75, 3.05) is 14.2 Å². The second kappa shape index (κ2) is 6.98. The van der Waals surface area contributed by atoms with Crippen LogP contribution in [0.4, 0.5) is 0 Å². The number of methoxy groups -OCH3 is 2. The Morgan fingerprint density at radius 3 is 2.73 bits per heavy atom. The zero-order chi connectivity index (χ0) is 16.1. The van der Waals surface area contributed by atoms with Crippen LogP contribution in [0.1, 0.15) is 35.9 Å². The zero-order valence-corrected chi connectivity index (χ0v) is 13.3. The van der Waals surface area contributed by atoms with E-state index >= 15 is 0 Å². The van der Waals surface area contributed by atoms with E-state index in [1.807, 2.05) is 32.0 Å². The van der Waals surface area contributed by atoms with Gasteiger partial charge in [-0.3, -0.25) is 9.48 Å². The summed E-state index contributed by atoms with van der Waals surface area (Å²) in [6.45, 7) is 4.49. The Bertz CT molecular complexity index is 652. The predicted octanol–water partition coefficient (Wildman–Crippen LogP) is 2.41. The maximum Gasteiger partial charge on any atom is 0.270 e. The molecule has 0 fully saturated rings. The monoisotopic (exact) mass is 303 g/mol. The Balaban J connectivity index is 2.21. The van der Waals surface area contributed by atoms with Crippen LogP contribution in [-0.4, -0.2) is 29.9 Å². The molecule has 0 aliphatic heterocycles. The molecule has 22 heavy (non-hydrogen) atoms. The maximum atomic E-state index is 12.4. The van der Waals surface area contributed by atoms with E-state index in [0.29, 0.717) is 18.0 Å². The fourth-order valence-electron chi connectivity index (χ4n) is 2.30. The van der Waals surface area contributed by atoms with Gasteiger partial charge >= 0.3 is 0 Å². The first-order valence-electron chi connectivity index (χ1n) is 7.15. The Kier molecular flexibility index (Phi) is 5.04. The lowest BCUT2D eigenvalue weighted by molar-refractivity contribution is 0.0928. The Labute approximate surface area is 130 Å². The molecular formula is C16H21N3O3. The first-order chi connectivity index (χ1) is 10.6. The molecule has 1 N–H and O–H groups in total. The molecular weight excluding hydrogens is 282 g/mol. The van der Waals surface area contributed by atoms with Crippen molar-refractivity contribution >= 4 is 5.91 Å². The average molecular weight is 303 g/mol. The molecule has 0 spiro atoms. The van der Waals surface area contributed by atoms with Crippen LogP contribution < -0.4 is 14.8 Å². The molecule has 0 aliphatic carbocycles. The first-order valence-corrected chi connectivity index (χ1v) is 7.15. The van der Waals surface area contributed by atoms with E-state index in [1.165, 1.54) is 0 Å². The van der Waals surface area contributed by atoms with Crippen LogP contribution in [0.3, 0.4) is 0 Å². The van der Waals surface area contributed by atoms with E-state index in [2.05, 4.69) is 10.4 Å². The number of carbonyl (C=O) groups is 1. The molecule has 1 aromatic heterocycles. The number of nitrogens with one attached hydrogen (secondary N) is 1. The summed E-state index contributed by atoms with van der Waals surface area (Å²) in [6.07, 6.45) is 1.62. The molecule has 0 radical (unpaired) electrons. The molecule has 1 heterocycles. The van der Waals surface area contributed by atoms with Crippen LogP contribution >= 0.6 is 0 Å². The summed E-state index contributed by atoms with van der Waals surface area (Å²) in [5.74, 6) is 1.25. The number of ether oxygens (including phenoxy) is 2. The van der Waals surface area contributed by atoms with Gasteiger partial charge in [0.15, 0.2) is 0 Å². The van der Waals surface area contributed by atoms with Crippen molar-refractivity contribution in [2.24, 2.45) is 0 Å². The van der Waals surface area contributed by atoms with Crippen LogP contribution in [0.2, 0.25) is 0 Å². The van der Waals surface area contributed by atoms with E-state index in [9.17, 15) is 4.79 Å². The molecule has 2 rings (SSSR count). The van der Waals surface area contributed by atoms with Crippen LogP contribution in [-0.2, 0) is 6.54 Å². The summed E-state index contributed by atoms with van der Waals surface area (Å²) < 4.78 is 12.3. The third-order valence-corrected chi connectivity index (χ3v) is 3.50. The highest BCUT2D eigenvalue weighted by Gasteiger charge is 2.18. The van der Waals surface area contributed by atoms with E-state index in [-0.39, 0.29) is 11.9 Å². The largest absolute Gasteiger partial charge is 0.497 e. The number of aryl methyl sites for hydroxylation is 1. The van der Waals surface area contributed by atoms with Gasteiger partial charge in [-0.25, -0.2) is 0 Å². The molecule has 0 saturated carbocycles. The quantitative estimate of drug-likeness (QED) is 0.890. The molecule has 0 saturated heterocycles. The average Bonchev–Trinajstić information content (AvgIpc) is 3.02. The molecule has 1 atom stereocenters. The molecule has 118 valence electrons. The van der Waals surface area contributed by atoms with Gasteiger partial charge in [0, 0.05) is 18.3 Å². The number of aromatic nitrogens is 2. The van der Waals surface area contributed by atoms with Gasteiger partial charge in [0.1, 0.15) is 17.2 Å². The Hall–Kier alpha value is -2.50. The summed E-state index contributed by atoms with van der Waals surface area (Å²) in [6, 6.07) is 6.99. The van der Waals surface area contributed by atoms with Crippen molar-refractivity contribution in [3.8, 4) is 11.5 Å². The van der Waals surface area contributed by atoms with Crippen molar-refractivity contribution in [3.05, 3.63) is 41.7 Å². The molecule has 0 bridgehead atoms. The summed E-state index contributed by atoms with van der Waals surface area (Å²) in [7, 11) is 3.21. The number of rotatable bonds is 6. The molecule has 1 amide bonds. The Morgan fingerprint density at radius 1 is 1.32 bits per heavy atom. The Morgan fingerprint density at radius 2 is 2.09 bits per heavy atom. The van der Waals surface area contributed by atoms with Crippen LogP contribution in [0.5, 0.6) is 11.5 Å². The lowest BCUT2D eigenvalue weighted by Crippen LogP contribution is -2.29. The van der Waals surface area contributed by atoms with Gasteiger partial charge in [-0.2, -0.15) is 5.10 Å². The van der Waals surface area contributed by atoms with Crippen LogP contribution in [0.15, 0.2) is 30.5 Å². The van der Waals surface area contributed by atoms with Gasteiger partial charge in [0.25, 0.3) is 5.91 Å². The normalized spacial score (nSPS) is 11.8. The zero-order valence-electron chi connectivity index (χ0n) is 13.3. The third-order valence-electron chi connectivity index (χ3n) is 3.50. The first kappa shape index (κ1) is 15.9. The van der Waals surface area contributed by atoms with Crippen molar-refractivity contribution in [2.45, 2.75) is 26.4 Å². The minimum atomic E-state index is -0.224. The smallest absolute Gasteiger partial charge is 0.270 e. The maximum absolute atomic E-state index is 12.4. The van der Waals surface area contributed by atoms with Gasteiger partial charge in [0.05, 0.1) is 20.3 Å². The molecule has 0 aliphatic rings. The predicted molar refractivity (Wildman–Crippen MR) is 83.3 cm³/mol. The summed E-state index contributed by atoms with van der Waals surface area (Å²) in [4.78, 5) is 12.4. The van der Waals surface area contributed by atoms with E-state index < -0.39 is 0 Å². The number of benzene rings is 1. The summed E-state index contributed by atoms with van der Waals surface area (Å²) >= 11 is 0. The summed E-state index contributed by atoms with van der Waals surface area (Å²) in [5, 5.41) is 7.07. The third kappa shape index (κ3) is 3.21. The van der Waals surface area contributed by atoms with Crippen molar-refractivity contribution in [3.63, 3.8) is 0 Å².